The summed E-state index contributed by atoms with van der Waals surface area (Å²) in [6.07, 6.45) is 0.161. The van der Waals surface area contributed by atoms with Gasteiger partial charge in [-0.05, 0) is 47.5 Å². The number of anilines is 1. The van der Waals surface area contributed by atoms with Gasteiger partial charge in [-0.3, -0.25) is 19.3 Å². The van der Waals surface area contributed by atoms with Gasteiger partial charge in [0.05, 0.1) is 6.16 Å². The molecule has 11 nitrogen and oxygen atoms in total. The number of nitrogens with one attached hydrogen (secondary N) is 2. The lowest BCUT2D eigenvalue weighted by molar-refractivity contribution is -0.154. The predicted octanol–water partition coefficient (Wildman–Crippen LogP) is 3.05. The number of thiazole rings is 1. The maximum atomic E-state index is 15.1. The van der Waals surface area contributed by atoms with Crippen molar-refractivity contribution < 1.29 is 41.2 Å². The van der Waals surface area contributed by atoms with Crippen molar-refractivity contribution in [2.75, 3.05) is 24.3 Å². The number of β-lactam (4-membered cyclic amide) rings is 1. The lowest BCUT2D eigenvalue weighted by Crippen LogP contribution is -3.00. The molecule has 0 bridgehead atoms. The number of thioether (sulfide) groups is 1. The highest BCUT2D eigenvalue weighted by Crippen LogP contribution is 2.58. The standard InChI is InChI=1S/C46H38N5O6PS2.ClH/c1-56-50-38(37-29-60-46(48-37)47-30-52)42(53)49-39-43(54)51-40(45(55)57-41(31-17-7-2-8-18-31)32-19-9-3-10-20-32)33(28-59-44(39)51)27-58(34-21-11-4-12-22-34,35-23-13-5-14-24-35)36-25-15-6-16-26-36;/h2-26,29-30,39,41,44H,27-28H2,1H3,(H-,47,48,49,52,53);1H/b50-38-;/t39?,44-;/m1./s1. The van der Waals surface area contributed by atoms with E-state index >= 15 is 4.79 Å². The zero-order valence-electron chi connectivity index (χ0n) is 32.7. The van der Waals surface area contributed by atoms with E-state index < -0.39 is 42.6 Å². The smallest absolute Gasteiger partial charge is 0.356 e. The van der Waals surface area contributed by atoms with Gasteiger partial charge < -0.3 is 32.6 Å². The van der Waals surface area contributed by atoms with E-state index in [1.807, 2.05) is 115 Å². The van der Waals surface area contributed by atoms with Crippen LogP contribution in [-0.4, -0.2) is 70.2 Å². The van der Waals surface area contributed by atoms with E-state index in [9.17, 15) is 14.4 Å². The average molecular weight is 888 g/mol. The van der Waals surface area contributed by atoms with Crippen molar-refractivity contribution >= 4 is 81.3 Å². The molecule has 2 aliphatic rings. The molecule has 2 aliphatic heterocycles. The third kappa shape index (κ3) is 8.73. The largest absolute Gasteiger partial charge is 1.00 e. The molecule has 1 fully saturated rings. The zero-order chi connectivity index (χ0) is 41.5. The summed E-state index contributed by atoms with van der Waals surface area (Å²) in [6, 6.07) is 49.1. The van der Waals surface area contributed by atoms with E-state index in [-0.39, 0.29) is 34.6 Å². The van der Waals surface area contributed by atoms with Gasteiger partial charge in [0.15, 0.2) is 16.9 Å². The van der Waals surface area contributed by atoms with Crippen LogP contribution < -0.4 is 39.0 Å². The Labute approximate surface area is 368 Å². The third-order valence-electron chi connectivity index (χ3n) is 10.3. The summed E-state index contributed by atoms with van der Waals surface area (Å²) in [7, 11) is -1.24. The van der Waals surface area contributed by atoms with Crippen molar-refractivity contribution in [3.05, 3.63) is 185 Å². The quantitative estimate of drug-likeness (QED) is 0.0401. The monoisotopic (exact) mass is 887 g/mol. The van der Waals surface area contributed by atoms with Gasteiger partial charge in [0.2, 0.25) is 6.41 Å². The molecule has 15 heteroatoms. The summed E-state index contributed by atoms with van der Waals surface area (Å²) >= 11 is 2.58. The van der Waals surface area contributed by atoms with Gasteiger partial charge in [-0.2, -0.15) is 0 Å². The Balaban J connectivity index is 0.00000561. The maximum absolute atomic E-state index is 15.1. The van der Waals surface area contributed by atoms with Crippen LogP contribution in [0.1, 0.15) is 22.9 Å². The van der Waals surface area contributed by atoms with Crippen LogP contribution in [-0.2, 0) is 28.8 Å². The van der Waals surface area contributed by atoms with Crippen LogP contribution in [0.25, 0.3) is 0 Å². The summed E-state index contributed by atoms with van der Waals surface area (Å²) in [4.78, 5) is 65.2. The maximum Gasteiger partial charge on any atom is 0.356 e. The number of hydrogen-bond acceptors (Lipinski definition) is 10. The van der Waals surface area contributed by atoms with Crippen molar-refractivity contribution in [2.24, 2.45) is 5.16 Å². The minimum absolute atomic E-state index is 0. The number of halogens is 1. The normalized spacial score (nSPS) is 16.1. The highest BCUT2D eigenvalue weighted by atomic mass is 35.5. The molecular formula is C46H39ClN5O6PS2. The highest BCUT2D eigenvalue weighted by molar-refractivity contribution is 8.00. The van der Waals surface area contributed by atoms with Gasteiger partial charge in [-0.15, -0.1) is 23.1 Å². The van der Waals surface area contributed by atoms with Gasteiger partial charge in [0, 0.05) is 16.7 Å². The fourth-order valence-electron chi connectivity index (χ4n) is 7.60. The molecule has 0 aliphatic carbocycles. The second-order valence-corrected chi connectivity index (χ2v) is 19.3. The molecule has 1 saturated heterocycles. The van der Waals surface area contributed by atoms with Gasteiger partial charge >= 0.3 is 5.97 Å². The predicted molar refractivity (Wildman–Crippen MR) is 238 cm³/mol. The number of rotatable bonds is 15. The molecule has 61 heavy (non-hydrogen) atoms. The molecule has 3 heterocycles. The van der Waals surface area contributed by atoms with E-state index in [1.165, 1.54) is 23.8 Å². The molecule has 2 atom stereocenters. The van der Waals surface area contributed by atoms with Crippen LogP contribution in [0.4, 0.5) is 5.13 Å². The van der Waals surface area contributed by atoms with Crippen LogP contribution in [0.5, 0.6) is 0 Å². The van der Waals surface area contributed by atoms with Crippen LogP contribution in [0.2, 0.25) is 0 Å². The molecule has 5 aromatic carbocycles. The zero-order valence-corrected chi connectivity index (χ0v) is 36.0. The Hall–Kier alpha value is -6.11. The summed E-state index contributed by atoms with van der Waals surface area (Å²) < 4.78 is 6.54. The molecule has 3 amide bonds. The first-order chi connectivity index (χ1) is 29.4. The number of hydrogen-bond donors (Lipinski definition) is 2. The fourth-order valence-corrected chi connectivity index (χ4v) is 14.1. The van der Waals surface area contributed by atoms with Crippen LogP contribution >= 0.6 is 30.4 Å². The Bertz CT molecular complexity index is 2410. The average Bonchev–Trinajstić information content (AvgIpc) is 3.77. The summed E-state index contributed by atoms with van der Waals surface area (Å²) in [5.41, 5.74) is 2.48. The van der Waals surface area contributed by atoms with Crippen molar-refractivity contribution in [2.45, 2.75) is 17.5 Å². The molecule has 6 aromatic rings. The first-order valence-corrected chi connectivity index (χ1v) is 22.9. The van der Waals surface area contributed by atoms with Crippen molar-refractivity contribution in [3.63, 3.8) is 0 Å². The Morgan fingerprint density at radius 2 is 1.34 bits per heavy atom. The number of aromatic nitrogens is 1. The number of nitrogens with zero attached hydrogens (tertiary/aromatic N) is 3. The van der Waals surface area contributed by atoms with Gasteiger partial charge in [-0.25, -0.2) is 9.78 Å². The van der Waals surface area contributed by atoms with Crippen LogP contribution in [0.3, 0.4) is 0 Å². The minimum atomic E-state index is -2.54. The molecule has 0 radical (unpaired) electrons. The SMILES string of the molecule is CO/N=C(\C(=O)NC1C(=O)N2C(C(=O)OC(c3ccccc3)c3ccccc3)=C(C[P+](c3ccccc3)(c3ccccc3)c3ccccc3)CS[C@H]12)c1csc(NC=O)n1.[Cl-]. The van der Waals surface area contributed by atoms with Gasteiger partial charge in [0.25, 0.3) is 11.8 Å². The van der Waals surface area contributed by atoms with E-state index in [2.05, 4.69) is 57.2 Å². The summed E-state index contributed by atoms with van der Waals surface area (Å²) in [6.45, 7) is 0. The van der Waals surface area contributed by atoms with E-state index in [0.717, 1.165) is 44.0 Å². The molecular weight excluding hydrogens is 849 g/mol. The molecule has 1 unspecified atom stereocenters. The Morgan fingerprint density at radius 3 is 1.84 bits per heavy atom. The lowest BCUT2D eigenvalue weighted by Gasteiger charge is -2.50. The first kappa shape index (κ1) is 43.0. The number of fused-ring (bicyclic) bond motifs is 1. The van der Waals surface area contributed by atoms with Crippen molar-refractivity contribution in [1.29, 1.82) is 0 Å². The van der Waals surface area contributed by atoms with Gasteiger partial charge in [-0.1, -0.05) is 120 Å². The number of amides is 3. The van der Waals surface area contributed by atoms with Crippen molar-refractivity contribution in [1.82, 2.24) is 15.2 Å². The highest BCUT2D eigenvalue weighted by Gasteiger charge is 2.57. The van der Waals surface area contributed by atoms with Gasteiger partial charge in [0.1, 0.15) is 53.1 Å². The second-order valence-electron chi connectivity index (χ2n) is 13.8. The molecule has 0 spiro atoms. The number of benzene rings is 5. The Kier molecular flexibility index (Phi) is 13.8. The summed E-state index contributed by atoms with van der Waals surface area (Å²) in [5.74, 6) is -1.43. The van der Waals surface area contributed by atoms with E-state index in [1.54, 1.807) is 5.38 Å². The van der Waals surface area contributed by atoms with Crippen LogP contribution in [0, 0.1) is 0 Å². The first-order valence-electron chi connectivity index (χ1n) is 19.0. The fraction of sp³-hybridized carbons (Fsp3) is 0.130. The topological polar surface area (TPSA) is 139 Å². The number of carbonyl (C=O) groups excluding carboxylic acids is 4. The number of oxime groups is 1. The second kappa shape index (κ2) is 19.5. The van der Waals surface area contributed by atoms with E-state index in [4.69, 9.17) is 9.57 Å². The minimum Gasteiger partial charge on any atom is -1.00 e. The van der Waals surface area contributed by atoms with E-state index in [0.29, 0.717) is 18.3 Å². The molecule has 8 rings (SSSR count). The molecule has 0 saturated carbocycles. The summed E-state index contributed by atoms with van der Waals surface area (Å²) in [5, 5.41) is 13.7. The van der Waals surface area contributed by atoms with Crippen LogP contribution in [0.15, 0.2) is 173 Å². The van der Waals surface area contributed by atoms with Crippen molar-refractivity contribution in [3.8, 4) is 0 Å². The third-order valence-corrected chi connectivity index (χ3v) is 16.8. The Morgan fingerprint density at radius 1 is 0.836 bits per heavy atom. The lowest BCUT2D eigenvalue weighted by atomic mass is 10.0. The molecule has 2 N–H and O–H groups in total. The number of carbonyl (C=O) groups is 4. The number of esters is 1. The number of ether oxygens (including phenoxy) is 1. The molecule has 308 valence electrons. The molecule has 1 aromatic heterocycles.